The third-order valence-electron chi connectivity index (χ3n) is 5.23. The van der Waals surface area contributed by atoms with Crippen LogP contribution in [-0.4, -0.2) is 43.6 Å². The summed E-state index contributed by atoms with van der Waals surface area (Å²) in [5, 5.41) is 7.02. The van der Waals surface area contributed by atoms with Gasteiger partial charge in [0.2, 0.25) is 0 Å². The number of nitrogens with zero attached hydrogens (tertiary/aromatic N) is 2. The van der Waals surface area contributed by atoms with E-state index in [1.54, 1.807) is 11.8 Å². The molecular formula is C26H32N2OS. The molecule has 0 saturated carbocycles. The van der Waals surface area contributed by atoms with Crippen molar-refractivity contribution in [2.24, 2.45) is 5.16 Å². The molecule has 0 heterocycles. The van der Waals surface area contributed by atoms with E-state index in [0.717, 1.165) is 36.3 Å². The van der Waals surface area contributed by atoms with Gasteiger partial charge in [0.25, 0.3) is 0 Å². The van der Waals surface area contributed by atoms with Gasteiger partial charge in [0.05, 0.1) is 0 Å². The highest BCUT2D eigenvalue weighted by molar-refractivity contribution is 7.98. The summed E-state index contributed by atoms with van der Waals surface area (Å²) in [7, 11) is 2.17. The van der Waals surface area contributed by atoms with Gasteiger partial charge in [-0.25, -0.2) is 0 Å². The standard InChI is InChI=1S/C26H32N2OS/c1-4-5-18-28(2)19-9-20-29-27-26(22-14-16-23(30-3)17-15-22)25-13-8-11-21-10-6-7-12-24(21)25/h6-8,10-17H,4-5,9,18-20H2,1-3H3. The molecule has 0 saturated heterocycles. The Hall–Kier alpha value is -2.30. The molecule has 30 heavy (non-hydrogen) atoms. The maximum absolute atomic E-state index is 5.82. The third kappa shape index (κ3) is 6.10. The Kier molecular flexibility index (Phi) is 8.79. The highest BCUT2D eigenvalue weighted by Gasteiger charge is 2.12. The minimum absolute atomic E-state index is 0.619. The fourth-order valence-corrected chi connectivity index (χ4v) is 3.90. The molecule has 0 aliphatic rings. The summed E-state index contributed by atoms with van der Waals surface area (Å²) in [6, 6.07) is 23.3. The first-order valence-electron chi connectivity index (χ1n) is 10.7. The molecule has 0 radical (unpaired) electrons. The van der Waals surface area contributed by atoms with Crippen molar-refractivity contribution in [3.63, 3.8) is 0 Å². The minimum Gasteiger partial charge on any atom is -0.395 e. The average molecular weight is 421 g/mol. The fourth-order valence-electron chi connectivity index (χ4n) is 3.49. The van der Waals surface area contributed by atoms with E-state index in [1.807, 2.05) is 0 Å². The number of oxime groups is 1. The first kappa shape index (κ1) is 22.4. The summed E-state index contributed by atoms with van der Waals surface area (Å²) in [5.74, 6) is 0. The van der Waals surface area contributed by atoms with E-state index in [1.165, 1.54) is 28.5 Å². The lowest BCUT2D eigenvalue weighted by Gasteiger charge is -2.15. The van der Waals surface area contributed by atoms with E-state index in [9.17, 15) is 0 Å². The molecular weight excluding hydrogens is 388 g/mol. The molecule has 4 heteroatoms. The maximum atomic E-state index is 5.82. The van der Waals surface area contributed by atoms with Crippen molar-refractivity contribution in [3.8, 4) is 0 Å². The average Bonchev–Trinajstić information content (AvgIpc) is 2.80. The van der Waals surface area contributed by atoms with Gasteiger partial charge in [-0.15, -0.1) is 11.8 Å². The van der Waals surface area contributed by atoms with Gasteiger partial charge in [0.1, 0.15) is 12.3 Å². The quantitative estimate of drug-likeness (QED) is 0.154. The van der Waals surface area contributed by atoms with Crippen LogP contribution in [0.5, 0.6) is 0 Å². The Labute approximate surface area is 185 Å². The zero-order chi connectivity index (χ0) is 21.2. The molecule has 3 nitrogen and oxygen atoms in total. The lowest BCUT2D eigenvalue weighted by Crippen LogP contribution is -2.21. The van der Waals surface area contributed by atoms with E-state index >= 15 is 0 Å². The predicted molar refractivity (Wildman–Crippen MR) is 131 cm³/mol. The second-order valence-corrected chi connectivity index (χ2v) is 8.42. The summed E-state index contributed by atoms with van der Waals surface area (Å²) in [6.07, 6.45) is 5.54. The molecule has 0 spiro atoms. The number of rotatable bonds is 11. The molecule has 0 aliphatic carbocycles. The summed E-state index contributed by atoms with van der Waals surface area (Å²) in [6.45, 7) is 5.02. The van der Waals surface area contributed by atoms with Crippen molar-refractivity contribution >= 4 is 28.2 Å². The molecule has 0 atom stereocenters. The SMILES string of the molecule is CCCCN(C)CCCON=C(c1ccc(SC)cc1)c1cccc2ccccc12. The largest absolute Gasteiger partial charge is 0.395 e. The molecule has 0 amide bonds. The highest BCUT2D eigenvalue weighted by Crippen LogP contribution is 2.24. The summed E-state index contributed by atoms with van der Waals surface area (Å²) in [5.41, 5.74) is 3.06. The molecule has 0 unspecified atom stereocenters. The van der Waals surface area contributed by atoms with Crippen molar-refractivity contribution in [3.05, 3.63) is 77.9 Å². The van der Waals surface area contributed by atoms with Crippen LogP contribution in [0.4, 0.5) is 0 Å². The Morgan fingerprint density at radius 2 is 1.67 bits per heavy atom. The van der Waals surface area contributed by atoms with Gasteiger partial charge < -0.3 is 9.74 Å². The van der Waals surface area contributed by atoms with Gasteiger partial charge in [-0.05, 0) is 55.6 Å². The van der Waals surface area contributed by atoms with Crippen LogP contribution in [0.1, 0.15) is 37.3 Å². The number of hydrogen-bond donors (Lipinski definition) is 0. The second-order valence-electron chi connectivity index (χ2n) is 7.54. The smallest absolute Gasteiger partial charge is 0.118 e. The van der Waals surface area contributed by atoms with Crippen LogP contribution >= 0.6 is 11.8 Å². The Morgan fingerprint density at radius 3 is 2.43 bits per heavy atom. The monoisotopic (exact) mass is 420 g/mol. The molecule has 0 N–H and O–H groups in total. The molecule has 0 bridgehead atoms. The Bertz CT molecular complexity index is 947. The van der Waals surface area contributed by atoms with Crippen molar-refractivity contribution in [2.75, 3.05) is 33.0 Å². The van der Waals surface area contributed by atoms with Gasteiger partial charge in [-0.2, -0.15) is 0 Å². The van der Waals surface area contributed by atoms with E-state index in [-0.39, 0.29) is 0 Å². The first-order chi connectivity index (χ1) is 14.7. The van der Waals surface area contributed by atoms with Crippen LogP contribution in [0.25, 0.3) is 10.8 Å². The van der Waals surface area contributed by atoms with Crippen LogP contribution in [0.3, 0.4) is 0 Å². The number of thioether (sulfide) groups is 1. The third-order valence-corrected chi connectivity index (χ3v) is 5.98. The lowest BCUT2D eigenvalue weighted by atomic mass is 9.97. The van der Waals surface area contributed by atoms with E-state index in [4.69, 9.17) is 4.84 Å². The van der Waals surface area contributed by atoms with Gasteiger partial charge in [-0.1, -0.05) is 73.1 Å². The number of benzene rings is 3. The van der Waals surface area contributed by atoms with Crippen LogP contribution in [-0.2, 0) is 4.84 Å². The highest BCUT2D eigenvalue weighted by atomic mass is 32.2. The number of unbranched alkanes of at least 4 members (excludes halogenated alkanes) is 1. The predicted octanol–water partition coefficient (Wildman–Crippen LogP) is 6.45. The van der Waals surface area contributed by atoms with Gasteiger partial charge in [0, 0.05) is 22.6 Å². The van der Waals surface area contributed by atoms with Crippen molar-refractivity contribution < 1.29 is 4.84 Å². The molecule has 0 aromatic heterocycles. The molecule has 3 aromatic carbocycles. The maximum Gasteiger partial charge on any atom is 0.118 e. The zero-order valence-corrected chi connectivity index (χ0v) is 19.1. The molecule has 0 fully saturated rings. The summed E-state index contributed by atoms with van der Waals surface area (Å²) < 4.78 is 0. The van der Waals surface area contributed by atoms with Gasteiger partial charge >= 0.3 is 0 Å². The number of fused-ring (bicyclic) bond motifs is 1. The van der Waals surface area contributed by atoms with Gasteiger partial charge in [-0.3, -0.25) is 0 Å². The van der Waals surface area contributed by atoms with Crippen LogP contribution < -0.4 is 0 Å². The molecule has 3 aromatic rings. The minimum atomic E-state index is 0.619. The van der Waals surface area contributed by atoms with Crippen molar-refractivity contribution in [1.82, 2.24) is 4.90 Å². The number of hydrogen-bond acceptors (Lipinski definition) is 4. The summed E-state index contributed by atoms with van der Waals surface area (Å²) >= 11 is 1.74. The zero-order valence-electron chi connectivity index (χ0n) is 18.3. The second kappa shape index (κ2) is 11.8. The lowest BCUT2D eigenvalue weighted by molar-refractivity contribution is 0.132. The van der Waals surface area contributed by atoms with Crippen LogP contribution in [0, 0.1) is 0 Å². The van der Waals surface area contributed by atoms with E-state index < -0.39 is 0 Å². The topological polar surface area (TPSA) is 24.8 Å². The van der Waals surface area contributed by atoms with Gasteiger partial charge in [0.15, 0.2) is 0 Å². The van der Waals surface area contributed by atoms with Crippen LogP contribution in [0.2, 0.25) is 0 Å². The molecule has 158 valence electrons. The van der Waals surface area contributed by atoms with E-state index in [0.29, 0.717) is 6.61 Å². The molecule has 0 aliphatic heterocycles. The van der Waals surface area contributed by atoms with Crippen LogP contribution in [0.15, 0.2) is 76.8 Å². The van der Waals surface area contributed by atoms with Crippen molar-refractivity contribution in [1.29, 1.82) is 0 Å². The fraction of sp³-hybridized carbons (Fsp3) is 0.346. The normalized spacial score (nSPS) is 11.9. The van der Waals surface area contributed by atoms with E-state index in [2.05, 4.69) is 97.0 Å². The Balaban J connectivity index is 1.80. The summed E-state index contributed by atoms with van der Waals surface area (Å²) in [4.78, 5) is 9.43. The Morgan fingerprint density at radius 1 is 0.933 bits per heavy atom. The van der Waals surface area contributed by atoms with Crippen molar-refractivity contribution in [2.45, 2.75) is 31.1 Å². The molecule has 3 rings (SSSR count). The first-order valence-corrected chi connectivity index (χ1v) is 12.0.